The number of ether oxygens (including phenoxy) is 1. The standard InChI is InChI=1S/C11H14Br2N2O2/c12-6-11(1-3-17-4-2-11)7-15-8-14-5-9(13)10(15)16/h5,8H,1-4,6-7H2. The first-order valence-electron chi connectivity index (χ1n) is 5.51. The lowest BCUT2D eigenvalue weighted by molar-refractivity contribution is 0.0180. The second-order valence-electron chi connectivity index (χ2n) is 4.42. The molecule has 0 N–H and O–H groups in total. The summed E-state index contributed by atoms with van der Waals surface area (Å²) >= 11 is 6.78. The van der Waals surface area contributed by atoms with E-state index in [0.29, 0.717) is 11.0 Å². The molecule has 17 heavy (non-hydrogen) atoms. The third-order valence-electron chi connectivity index (χ3n) is 3.20. The average Bonchev–Trinajstić information content (AvgIpc) is 2.36. The first kappa shape index (κ1) is 13.2. The lowest BCUT2D eigenvalue weighted by Gasteiger charge is -2.35. The van der Waals surface area contributed by atoms with E-state index in [1.165, 1.54) is 6.20 Å². The predicted octanol–water partition coefficient (Wildman–Crippen LogP) is 2.20. The van der Waals surface area contributed by atoms with Gasteiger partial charge in [0.25, 0.3) is 5.56 Å². The minimum Gasteiger partial charge on any atom is -0.381 e. The molecule has 0 aliphatic carbocycles. The molecule has 1 aromatic heterocycles. The average molecular weight is 366 g/mol. The highest BCUT2D eigenvalue weighted by molar-refractivity contribution is 9.10. The summed E-state index contributed by atoms with van der Waals surface area (Å²) in [6.07, 6.45) is 5.07. The van der Waals surface area contributed by atoms with E-state index in [9.17, 15) is 4.79 Å². The summed E-state index contributed by atoms with van der Waals surface area (Å²) in [6, 6.07) is 0. The predicted molar refractivity (Wildman–Crippen MR) is 72.5 cm³/mol. The molecule has 0 aromatic carbocycles. The smallest absolute Gasteiger partial charge is 0.267 e. The molecule has 1 fully saturated rings. The molecule has 2 heterocycles. The van der Waals surface area contributed by atoms with E-state index >= 15 is 0 Å². The molecule has 0 radical (unpaired) electrons. The van der Waals surface area contributed by atoms with Crippen molar-refractivity contribution < 1.29 is 4.74 Å². The Bertz CT molecular complexity index is 441. The van der Waals surface area contributed by atoms with Crippen molar-refractivity contribution in [3.05, 3.63) is 27.4 Å². The molecule has 2 rings (SSSR count). The van der Waals surface area contributed by atoms with E-state index in [-0.39, 0.29) is 11.0 Å². The van der Waals surface area contributed by atoms with Gasteiger partial charge >= 0.3 is 0 Å². The van der Waals surface area contributed by atoms with Gasteiger partial charge in [0.15, 0.2) is 0 Å². The Morgan fingerprint density at radius 2 is 2.18 bits per heavy atom. The highest BCUT2D eigenvalue weighted by Gasteiger charge is 2.32. The molecule has 94 valence electrons. The molecule has 0 unspecified atom stereocenters. The molecule has 0 amide bonds. The van der Waals surface area contributed by atoms with Crippen molar-refractivity contribution in [3.8, 4) is 0 Å². The minimum absolute atomic E-state index is 0.0215. The van der Waals surface area contributed by atoms with Crippen LogP contribution in [-0.4, -0.2) is 28.1 Å². The fourth-order valence-electron chi connectivity index (χ4n) is 2.04. The Kier molecular flexibility index (Phi) is 4.38. The van der Waals surface area contributed by atoms with Gasteiger partial charge in [-0.1, -0.05) is 15.9 Å². The van der Waals surface area contributed by atoms with Gasteiger partial charge in [0.1, 0.15) is 4.47 Å². The third kappa shape index (κ3) is 2.98. The molecule has 0 bridgehead atoms. The second kappa shape index (κ2) is 5.63. The summed E-state index contributed by atoms with van der Waals surface area (Å²) in [4.78, 5) is 16.0. The van der Waals surface area contributed by atoms with E-state index in [1.54, 1.807) is 10.9 Å². The molecule has 0 atom stereocenters. The zero-order valence-electron chi connectivity index (χ0n) is 9.36. The number of alkyl halides is 1. The fraction of sp³-hybridized carbons (Fsp3) is 0.636. The molecular weight excluding hydrogens is 352 g/mol. The lowest BCUT2D eigenvalue weighted by atomic mass is 9.82. The number of rotatable bonds is 3. The Labute approximate surface area is 117 Å². The summed E-state index contributed by atoms with van der Waals surface area (Å²) in [5.41, 5.74) is 0.0803. The largest absolute Gasteiger partial charge is 0.381 e. The first-order valence-corrected chi connectivity index (χ1v) is 7.42. The Hall–Kier alpha value is -0.200. The van der Waals surface area contributed by atoms with Crippen LogP contribution in [0.4, 0.5) is 0 Å². The lowest BCUT2D eigenvalue weighted by Crippen LogP contribution is -2.38. The summed E-state index contributed by atoms with van der Waals surface area (Å²) in [5, 5.41) is 0.877. The molecule has 4 nitrogen and oxygen atoms in total. The number of hydrogen-bond acceptors (Lipinski definition) is 3. The highest BCUT2D eigenvalue weighted by Crippen LogP contribution is 2.33. The van der Waals surface area contributed by atoms with Gasteiger partial charge < -0.3 is 4.74 Å². The van der Waals surface area contributed by atoms with Crippen molar-refractivity contribution in [1.82, 2.24) is 9.55 Å². The van der Waals surface area contributed by atoms with E-state index < -0.39 is 0 Å². The van der Waals surface area contributed by atoms with E-state index in [1.807, 2.05) is 0 Å². The van der Waals surface area contributed by atoms with Gasteiger partial charge in [-0.05, 0) is 28.8 Å². The van der Waals surface area contributed by atoms with Gasteiger partial charge in [-0.2, -0.15) is 0 Å². The Morgan fingerprint density at radius 1 is 1.47 bits per heavy atom. The molecule has 1 aromatic rings. The second-order valence-corrected chi connectivity index (χ2v) is 5.84. The molecule has 0 spiro atoms. The normalized spacial score (nSPS) is 19.2. The van der Waals surface area contributed by atoms with Crippen LogP contribution in [0.3, 0.4) is 0 Å². The SMILES string of the molecule is O=c1c(Br)cncn1CC1(CBr)CCOCC1. The van der Waals surface area contributed by atoms with Crippen LogP contribution in [0.1, 0.15) is 12.8 Å². The Morgan fingerprint density at radius 3 is 2.82 bits per heavy atom. The topological polar surface area (TPSA) is 44.1 Å². The van der Waals surface area contributed by atoms with Crippen LogP contribution >= 0.6 is 31.9 Å². The van der Waals surface area contributed by atoms with Crippen molar-refractivity contribution in [2.75, 3.05) is 18.5 Å². The zero-order valence-corrected chi connectivity index (χ0v) is 12.5. The van der Waals surface area contributed by atoms with Gasteiger partial charge in [-0.15, -0.1) is 0 Å². The molecule has 0 saturated carbocycles. The summed E-state index contributed by atoms with van der Waals surface area (Å²) in [5.74, 6) is 0. The summed E-state index contributed by atoms with van der Waals surface area (Å²) in [7, 11) is 0. The van der Waals surface area contributed by atoms with Crippen LogP contribution < -0.4 is 5.56 Å². The van der Waals surface area contributed by atoms with Gasteiger partial charge in [0, 0.05) is 36.7 Å². The number of halogens is 2. The molecule has 1 saturated heterocycles. The maximum absolute atomic E-state index is 11.9. The van der Waals surface area contributed by atoms with Crippen LogP contribution in [0.15, 0.2) is 21.8 Å². The van der Waals surface area contributed by atoms with E-state index in [2.05, 4.69) is 36.8 Å². The Balaban J connectivity index is 2.23. The van der Waals surface area contributed by atoms with E-state index in [0.717, 1.165) is 31.4 Å². The van der Waals surface area contributed by atoms with Crippen molar-refractivity contribution in [2.45, 2.75) is 19.4 Å². The van der Waals surface area contributed by atoms with Crippen LogP contribution in [0.2, 0.25) is 0 Å². The molecule has 1 aliphatic heterocycles. The first-order chi connectivity index (χ1) is 8.17. The van der Waals surface area contributed by atoms with Crippen LogP contribution in [0.25, 0.3) is 0 Å². The maximum atomic E-state index is 11.9. The van der Waals surface area contributed by atoms with E-state index in [4.69, 9.17) is 4.74 Å². The number of aromatic nitrogens is 2. The van der Waals surface area contributed by atoms with Crippen molar-refractivity contribution >= 4 is 31.9 Å². The number of hydrogen-bond donors (Lipinski definition) is 0. The van der Waals surface area contributed by atoms with Crippen molar-refractivity contribution in [3.63, 3.8) is 0 Å². The summed E-state index contributed by atoms with van der Waals surface area (Å²) < 4.78 is 7.57. The quantitative estimate of drug-likeness (QED) is 0.771. The molecular formula is C11H14Br2N2O2. The van der Waals surface area contributed by atoms with Gasteiger partial charge in [-0.25, -0.2) is 4.98 Å². The van der Waals surface area contributed by atoms with Crippen molar-refractivity contribution in [1.29, 1.82) is 0 Å². The van der Waals surface area contributed by atoms with Crippen LogP contribution in [-0.2, 0) is 11.3 Å². The van der Waals surface area contributed by atoms with Gasteiger partial charge in [0.2, 0.25) is 0 Å². The maximum Gasteiger partial charge on any atom is 0.267 e. The van der Waals surface area contributed by atoms with Crippen LogP contribution in [0, 0.1) is 5.41 Å². The zero-order chi connectivity index (χ0) is 12.3. The van der Waals surface area contributed by atoms with Crippen molar-refractivity contribution in [2.24, 2.45) is 5.41 Å². The van der Waals surface area contributed by atoms with Gasteiger partial charge in [-0.3, -0.25) is 9.36 Å². The highest BCUT2D eigenvalue weighted by atomic mass is 79.9. The molecule has 6 heteroatoms. The monoisotopic (exact) mass is 364 g/mol. The molecule has 1 aliphatic rings. The fourth-order valence-corrected chi connectivity index (χ4v) is 3.12. The van der Waals surface area contributed by atoms with Crippen LogP contribution in [0.5, 0.6) is 0 Å². The number of nitrogens with zero attached hydrogens (tertiary/aromatic N) is 2. The third-order valence-corrected chi connectivity index (χ3v) is 4.94. The summed E-state index contributed by atoms with van der Waals surface area (Å²) in [6.45, 7) is 2.22. The van der Waals surface area contributed by atoms with Gasteiger partial charge in [0.05, 0.1) is 6.33 Å². The minimum atomic E-state index is -0.0215.